The van der Waals surface area contributed by atoms with Crippen LogP contribution in [0, 0.1) is 5.92 Å². The van der Waals surface area contributed by atoms with Crippen molar-refractivity contribution in [3.8, 4) is 0 Å². The van der Waals surface area contributed by atoms with Crippen LogP contribution < -0.4 is 11.1 Å². The summed E-state index contributed by atoms with van der Waals surface area (Å²) in [4.78, 5) is 35.9. The molecule has 2 unspecified atom stereocenters. The predicted molar refractivity (Wildman–Crippen MR) is 127 cm³/mol. The van der Waals surface area contributed by atoms with Crippen molar-refractivity contribution in [3.05, 3.63) is 108 Å². The van der Waals surface area contributed by atoms with Gasteiger partial charge in [0.1, 0.15) is 5.78 Å². The average Bonchev–Trinajstić information content (AvgIpc) is 2.83. The maximum atomic E-state index is 13.2. The second-order valence-corrected chi connectivity index (χ2v) is 10.3. The molecule has 0 radical (unpaired) electrons. The lowest BCUT2D eigenvalue weighted by molar-refractivity contribution is -0.142. The van der Waals surface area contributed by atoms with Crippen molar-refractivity contribution in [2.45, 2.75) is 18.2 Å². The van der Waals surface area contributed by atoms with E-state index in [-0.39, 0.29) is 12.6 Å². The van der Waals surface area contributed by atoms with Crippen LogP contribution in [0.5, 0.6) is 0 Å². The highest BCUT2D eigenvalue weighted by atomic mass is 31.2. The van der Waals surface area contributed by atoms with E-state index in [0.717, 1.165) is 5.56 Å². The number of carboxylic acids is 1. The van der Waals surface area contributed by atoms with E-state index in [1.165, 1.54) is 0 Å². The molecule has 4 atom stereocenters. The van der Waals surface area contributed by atoms with Gasteiger partial charge in [-0.2, -0.15) is 0 Å². The molecule has 3 rings (SSSR count). The predicted octanol–water partition coefficient (Wildman–Crippen LogP) is 3.72. The highest BCUT2D eigenvalue weighted by Crippen LogP contribution is 2.54. The van der Waals surface area contributed by atoms with Gasteiger partial charge >= 0.3 is 5.97 Å². The van der Waals surface area contributed by atoms with Gasteiger partial charge in [0, 0.05) is 6.16 Å². The fourth-order valence-electron chi connectivity index (χ4n) is 3.64. The molecule has 0 spiro atoms. The van der Waals surface area contributed by atoms with Crippen LogP contribution in [0.25, 0.3) is 0 Å². The zero-order chi connectivity index (χ0) is 23.8. The summed E-state index contributed by atoms with van der Waals surface area (Å²) in [5.74, 6) is -3.96. The topological polar surface area (TPSA) is 130 Å². The van der Waals surface area contributed by atoms with Gasteiger partial charge < -0.3 is 21.1 Å². The van der Waals surface area contributed by atoms with E-state index in [0.29, 0.717) is 11.1 Å². The Balaban J connectivity index is 1.86. The van der Waals surface area contributed by atoms with E-state index in [1.807, 2.05) is 30.3 Å². The summed E-state index contributed by atoms with van der Waals surface area (Å²) in [7, 11) is -4.02. The van der Waals surface area contributed by atoms with Crippen LogP contribution in [-0.4, -0.2) is 28.0 Å². The summed E-state index contributed by atoms with van der Waals surface area (Å²) in [6.45, 7) is 0. The largest absolute Gasteiger partial charge is 0.479 e. The Hall–Kier alpha value is -3.25. The van der Waals surface area contributed by atoms with Gasteiger partial charge in [-0.15, -0.1) is 0 Å². The van der Waals surface area contributed by atoms with Crippen molar-refractivity contribution in [3.63, 3.8) is 0 Å². The summed E-state index contributed by atoms with van der Waals surface area (Å²) in [6, 6.07) is 24.7. The minimum atomic E-state index is -4.02. The number of amides is 1. The Kier molecular flexibility index (Phi) is 8.17. The number of nitrogens with one attached hydrogen (secondary N) is 1. The number of benzene rings is 3. The zero-order valence-electron chi connectivity index (χ0n) is 18.0. The third-order valence-corrected chi connectivity index (χ3v) is 7.55. The number of nitrogens with two attached hydrogens (primary N) is 1. The second kappa shape index (κ2) is 11.1. The highest BCUT2D eigenvalue weighted by molar-refractivity contribution is 7.58. The molecule has 8 heteroatoms. The van der Waals surface area contributed by atoms with Gasteiger partial charge in [0.25, 0.3) is 0 Å². The third-order valence-electron chi connectivity index (χ3n) is 5.42. The minimum Gasteiger partial charge on any atom is -0.479 e. The van der Waals surface area contributed by atoms with E-state index in [1.54, 1.807) is 60.7 Å². The zero-order valence-corrected chi connectivity index (χ0v) is 18.8. The van der Waals surface area contributed by atoms with E-state index < -0.39 is 37.0 Å². The Labute approximate surface area is 192 Å². The molecule has 0 saturated heterocycles. The highest BCUT2D eigenvalue weighted by Gasteiger charge is 2.36. The molecule has 5 N–H and O–H groups in total. The van der Waals surface area contributed by atoms with Gasteiger partial charge in [-0.3, -0.25) is 9.36 Å². The molecule has 3 aromatic carbocycles. The lowest BCUT2D eigenvalue weighted by Gasteiger charge is -2.26. The molecular weight excluding hydrogens is 439 g/mol. The minimum absolute atomic E-state index is 0.167. The number of carbonyl (C=O) groups is 2. The number of carboxylic acid groups (broad SMARTS) is 1. The van der Waals surface area contributed by atoms with Crippen LogP contribution in [0.1, 0.15) is 28.5 Å². The molecular formula is C25H27N2O5P. The van der Waals surface area contributed by atoms with Crippen molar-refractivity contribution in [2.75, 3.05) is 6.16 Å². The molecule has 0 aliphatic heterocycles. The summed E-state index contributed by atoms with van der Waals surface area (Å²) in [6.07, 6.45) is -0.217. The first-order valence-corrected chi connectivity index (χ1v) is 12.4. The van der Waals surface area contributed by atoms with Crippen molar-refractivity contribution >= 4 is 19.2 Å². The molecule has 0 aliphatic rings. The van der Waals surface area contributed by atoms with E-state index in [2.05, 4.69) is 5.32 Å². The summed E-state index contributed by atoms with van der Waals surface area (Å²) >= 11 is 0. The lowest BCUT2D eigenvalue weighted by Crippen LogP contribution is -2.40. The standard InChI is InChI=1S/C25H27N2O5P/c26-23(20-14-8-3-9-15-20)33(31,32)17-21(16-18-10-4-1-5-11-18)24(28)27-22(25(29)30)19-12-6-2-7-13-19/h1-15,21-23H,16-17,26H2,(H,27,28)(H,29,30)(H,31,32)/t21-,22+,23?/m1/s1. The van der Waals surface area contributed by atoms with Crippen molar-refractivity contribution in [1.82, 2.24) is 5.32 Å². The third kappa shape index (κ3) is 6.62. The van der Waals surface area contributed by atoms with Crippen molar-refractivity contribution < 1.29 is 24.2 Å². The first-order chi connectivity index (χ1) is 15.8. The van der Waals surface area contributed by atoms with Crippen LogP contribution in [0.2, 0.25) is 0 Å². The monoisotopic (exact) mass is 466 g/mol. The fourth-order valence-corrected chi connectivity index (χ4v) is 5.44. The molecule has 33 heavy (non-hydrogen) atoms. The van der Waals surface area contributed by atoms with Crippen LogP contribution in [-0.2, 0) is 20.6 Å². The Morgan fingerprint density at radius 3 is 1.85 bits per heavy atom. The molecule has 0 aliphatic carbocycles. The smallest absolute Gasteiger partial charge is 0.330 e. The van der Waals surface area contributed by atoms with Crippen LogP contribution in [0.4, 0.5) is 0 Å². The van der Waals surface area contributed by atoms with Gasteiger partial charge in [-0.1, -0.05) is 91.0 Å². The molecule has 0 saturated carbocycles. The average molecular weight is 466 g/mol. The number of rotatable bonds is 10. The number of hydrogen-bond donors (Lipinski definition) is 4. The molecule has 3 aromatic rings. The van der Waals surface area contributed by atoms with Gasteiger partial charge in [0.2, 0.25) is 13.3 Å². The molecule has 0 fully saturated rings. The summed E-state index contributed by atoms with van der Waals surface area (Å²) in [5.41, 5.74) is 7.81. The van der Waals surface area contributed by atoms with Gasteiger partial charge in [-0.25, -0.2) is 4.79 Å². The van der Waals surface area contributed by atoms with E-state index in [4.69, 9.17) is 5.73 Å². The maximum Gasteiger partial charge on any atom is 0.330 e. The molecule has 1 amide bonds. The Bertz CT molecular complexity index is 1110. The Morgan fingerprint density at radius 2 is 1.33 bits per heavy atom. The van der Waals surface area contributed by atoms with Crippen LogP contribution in [0.3, 0.4) is 0 Å². The molecule has 7 nitrogen and oxygen atoms in total. The summed E-state index contributed by atoms with van der Waals surface area (Å²) in [5, 5.41) is 12.2. The number of carbonyl (C=O) groups excluding carboxylic acids is 1. The van der Waals surface area contributed by atoms with Gasteiger partial charge in [0.05, 0.1) is 5.92 Å². The van der Waals surface area contributed by atoms with Crippen LogP contribution >= 0.6 is 7.37 Å². The fraction of sp³-hybridized carbons (Fsp3) is 0.200. The molecule has 0 aromatic heterocycles. The molecule has 172 valence electrons. The van der Waals surface area contributed by atoms with Gasteiger partial charge in [0.15, 0.2) is 6.04 Å². The SMILES string of the molecule is NC(c1ccccc1)P(=O)(O)C[C@@H](Cc1ccccc1)C(=O)N[C@H](C(=O)O)c1ccccc1. The maximum absolute atomic E-state index is 13.2. The number of aliphatic carboxylic acids is 1. The quantitative estimate of drug-likeness (QED) is 0.337. The second-order valence-electron chi connectivity index (χ2n) is 7.87. The molecule has 0 heterocycles. The van der Waals surface area contributed by atoms with Crippen LogP contribution in [0.15, 0.2) is 91.0 Å². The molecule has 0 bridgehead atoms. The van der Waals surface area contributed by atoms with Gasteiger partial charge in [-0.05, 0) is 23.1 Å². The normalized spacial score (nSPS) is 15.6. The van der Waals surface area contributed by atoms with Crippen molar-refractivity contribution in [1.29, 1.82) is 0 Å². The lowest BCUT2D eigenvalue weighted by atomic mass is 9.99. The van der Waals surface area contributed by atoms with E-state index >= 15 is 0 Å². The first-order valence-electron chi connectivity index (χ1n) is 10.5. The summed E-state index contributed by atoms with van der Waals surface area (Å²) < 4.78 is 13.2. The number of hydrogen-bond acceptors (Lipinski definition) is 4. The van der Waals surface area contributed by atoms with Crippen molar-refractivity contribution in [2.24, 2.45) is 11.7 Å². The van der Waals surface area contributed by atoms with E-state index in [9.17, 15) is 24.2 Å². The first kappa shape index (κ1) is 24.4. The Morgan fingerprint density at radius 1 is 0.848 bits per heavy atom.